The van der Waals surface area contributed by atoms with Crippen molar-refractivity contribution in [1.29, 1.82) is 0 Å². The number of thioether (sulfide) groups is 1. The molecule has 0 saturated heterocycles. The van der Waals surface area contributed by atoms with Gasteiger partial charge in [-0.1, -0.05) is 18.2 Å². The maximum absolute atomic E-state index is 9.43. The number of aromatic nitrogens is 2. The number of hydrogen-bond donors (Lipinski definition) is 3. The molecule has 1 heterocycles. The molecule has 1 unspecified atom stereocenters. The molecule has 1 aromatic heterocycles. The van der Waals surface area contributed by atoms with Gasteiger partial charge in [0.2, 0.25) is 5.95 Å². The summed E-state index contributed by atoms with van der Waals surface area (Å²) >= 11 is 1.42. The smallest absolute Gasteiger partial charge is 0.224 e. The largest absolute Gasteiger partial charge is 0.394 e. The monoisotopic (exact) mass is 279 g/mol. The van der Waals surface area contributed by atoms with E-state index in [0.29, 0.717) is 11.7 Å². The van der Waals surface area contributed by atoms with Crippen molar-refractivity contribution in [2.24, 2.45) is 0 Å². The summed E-state index contributed by atoms with van der Waals surface area (Å²) in [7, 11) is 0. The first-order valence-corrected chi connectivity index (χ1v) is 7.15. The third-order valence-corrected chi connectivity index (χ3v) is 3.66. The first kappa shape index (κ1) is 14.0. The standard InChI is InChI=1S/C13H17N3O2S/c1-2-14-13-15-11-6-4-3-5-10(11)12(16-13)19-8-9(18)7-17/h3-6,9,17-18H,2,7-8H2,1H3,(H,14,15,16). The molecular formula is C13H17N3O2S. The fraction of sp³-hybridized carbons (Fsp3) is 0.385. The molecule has 0 aliphatic rings. The van der Waals surface area contributed by atoms with Crippen molar-refractivity contribution in [1.82, 2.24) is 9.97 Å². The van der Waals surface area contributed by atoms with Crippen molar-refractivity contribution < 1.29 is 10.2 Å². The number of rotatable bonds is 6. The minimum atomic E-state index is -0.735. The fourth-order valence-electron chi connectivity index (χ4n) is 1.62. The minimum absolute atomic E-state index is 0.240. The lowest BCUT2D eigenvalue weighted by Gasteiger charge is -2.10. The Hall–Kier alpha value is -1.37. The van der Waals surface area contributed by atoms with Gasteiger partial charge in [-0.2, -0.15) is 0 Å². The molecule has 6 heteroatoms. The molecular weight excluding hydrogens is 262 g/mol. The Kier molecular flexibility index (Phi) is 4.95. The van der Waals surface area contributed by atoms with Crippen LogP contribution in [0, 0.1) is 0 Å². The van der Waals surface area contributed by atoms with E-state index in [1.165, 1.54) is 11.8 Å². The molecule has 19 heavy (non-hydrogen) atoms. The molecule has 0 aliphatic carbocycles. The Morgan fingerprint density at radius 3 is 2.84 bits per heavy atom. The molecule has 2 aromatic rings. The van der Waals surface area contributed by atoms with Crippen LogP contribution < -0.4 is 5.32 Å². The molecule has 1 aromatic carbocycles. The second-order valence-electron chi connectivity index (χ2n) is 4.05. The first-order valence-electron chi connectivity index (χ1n) is 6.17. The number of para-hydroxylation sites is 1. The van der Waals surface area contributed by atoms with Gasteiger partial charge in [-0.15, -0.1) is 11.8 Å². The number of hydrogen-bond acceptors (Lipinski definition) is 6. The van der Waals surface area contributed by atoms with E-state index < -0.39 is 6.10 Å². The Morgan fingerprint density at radius 1 is 1.32 bits per heavy atom. The second kappa shape index (κ2) is 6.70. The average molecular weight is 279 g/mol. The number of benzene rings is 1. The van der Waals surface area contributed by atoms with Gasteiger partial charge in [0, 0.05) is 17.7 Å². The molecule has 0 saturated carbocycles. The van der Waals surface area contributed by atoms with Crippen molar-refractivity contribution in [2.75, 3.05) is 24.2 Å². The summed E-state index contributed by atoms with van der Waals surface area (Å²) in [4.78, 5) is 8.87. The van der Waals surface area contributed by atoms with Crippen LogP contribution in [0.3, 0.4) is 0 Å². The molecule has 3 N–H and O–H groups in total. The minimum Gasteiger partial charge on any atom is -0.394 e. The highest BCUT2D eigenvalue weighted by molar-refractivity contribution is 7.99. The van der Waals surface area contributed by atoms with Gasteiger partial charge in [-0.05, 0) is 13.0 Å². The van der Waals surface area contributed by atoms with E-state index in [0.717, 1.165) is 22.5 Å². The van der Waals surface area contributed by atoms with Crippen LogP contribution in [0.15, 0.2) is 29.3 Å². The summed E-state index contributed by atoms with van der Waals surface area (Å²) < 4.78 is 0. The van der Waals surface area contributed by atoms with E-state index in [2.05, 4.69) is 15.3 Å². The Morgan fingerprint density at radius 2 is 2.11 bits per heavy atom. The van der Waals surface area contributed by atoms with Crippen LogP contribution in [-0.4, -0.2) is 45.2 Å². The number of fused-ring (bicyclic) bond motifs is 1. The van der Waals surface area contributed by atoms with E-state index in [4.69, 9.17) is 5.11 Å². The SMILES string of the molecule is CCNc1nc(SCC(O)CO)c2ccccc2n1. The van der Waals surface area contributed by atoms with Crippen molar-refractivity contribution in [3.05, 3.63) is 24.3 Å². The van der Waals surface area contributed by atoms with Gasteiger partial charge in [-0.3, -0.25) is 0 Å². The molecule has 2 rings (SSSR count). The van der Waals surface area contributed by atoms with E-state index >= 15 is 0 Å². The van der Waals surface area contributed by atoms with Crippen LogP contribution in [0.2, 0.25) is 0 Å². The van der Waals surface area contributed by atoms with E-state index in [9.17, 15) is 5.11 Å². The highest BCUT2D eigenvalue weighted by Gasteiger charge is 2.10. The van der Waals surface area contributed by atoms with E-state index in [1.54, 1.807) is 0 Å². The molecule has 0 spiro atoms. The summed E-state index contributed by atoms with van der Waals surface area (Å²) in [6.07, 6.45) is -0.735. The summed E-state index contributed by atoms with van der Waals surface area (Å²) in [6, 6.07) is 7.76. The number of anilines is 1. The molecule has 5 nitrogen and oxygen atoms in total. The van der Waals surface area contributed by atoms with Gasteiger partial charge >= 0.3 is 0 Å². The lowest BCUT2D eigenvalue weighted by molar-refractivity contribution is 0.113. The third kappa shape index (κ3) is 3.56. The zero-order valence-corrected chi connectivity index (χ0v) is 11.5. The maximum Gasteiger partial charge on any atom is 0.224 e. The maximum atomic E-state index is 9.43. The zero-order valence-electron chi connectivity index (χ0n) is 10.7. The van der Waals surface area contributed by atoms with Crippen LogP contribution in [0.1, 0.15) is 6.92 Å². The van der Waals surface area contributed by atoms with E-state index in [-0.39, 0.29) is 6.61 Å². The summed E-state index contributed by atoms with van der Waals surface area (Å²) in [5.74, 6) is 0.991. The van der Waals surface area contributed by atoms with Crippen LogP contribution in [0.5, 0.6) is 0 Å². The van der Waals surface area contributed by atoms with E-state index in [1.807, 2.05) is 31.2 Å². The number of nitrogens with zero attached hydrogens (tertiary/aromatic N) is 2. The molecule has 0 fully saturated rings. The molecule has 0 amide bonds. The highest BCUT2D eigenvalue weighted by Crippen LogP contribution is 2.26. The summed E-state index contributed by atoms with van der Waals surface area (Å²) in [5.41, 5.74) is 0.870. The fourth-order valence-corrected chi connectivity index (χ4v) is 2.56. The lowest BCUT2D eigenvalue weighted by Crippen LogP contribution is -2.14. The molecule has 1 atom stereocenters. The van der Waals surface area contributed by atoms with Crippen LogP contribution in [-0.2, 0) is 0 Å². The van der Waals surface area contributed by atoms with Crippen molar-refractivity contribution >= 4 is 28.6 Å². The number of nitrogens with one attached hydrogen (secondary N) is 1. The van der Waals surface area contributed by atoms with Crippen molar-refractivity contribution in [3.63, 3.8) is 0 Å². The Balaban J connectivity index is 2.33. The van der Waals surface area contributed by atoms with Gasteiger partial charge in [0.25, 0.3) is 0 Å². The Labute approximate surface area is 116 Å². The van der Waals surface area contributed by atoms with Crippen LogP contribution in [0.25, 0.3) is 10.9 Å². The lowest BCUT2D eigenvalue weighted by atomic mass is 10.2. The van der Waals surface area contributed by atoms with Gasteiger partial charge in [0.1, 0.15) is 5.03 Å². The predicted molar refractivity (Wildman–Crippen MR) is 77.5 cm³/mol. The predicted octanol–water partition coefficient (Wildman–Crippen LogP) is 1.51. The molecule has 0 radical (unpaired) electrons. The molecule has 102 valence electrons. The van der Waals surface area contributed by atoms with Gasteiger partial charge in [-0.25, -0.2) is 9.97 Å². The molecule has 0 bridgehead atoms. The summed E-state index contributed by atoms with van der Waals surface area (Å²) in [5, 5.41) is 23.2. The van der Waals surface area contributed by atoms with Gasteiger partial charge in [0.05, 0.1) is 18.2 Å². The second-order valence-corrected chi connectivity index (χ2v) is 5.06. The topological polar surface area (TPSA) is 78.3 Å². The quantitative estimate of drug-likeness (QED) is 0.549. The van der Waals surface area contributed by atoms with Gasteiger partial charge in [0.15, 0.2) is 0 Å². The van der Waals surface area contributed by atoms with Crippen LogP contribution >= 0.6 is 11.8 Å². The summed E-state index contributed by atoms with van der Waals surface area (Å²) in [6.45, 7) is 2.50. The average Bonchev–Trinajstić information content (AvgIpc) is 2.44. The van der Waals surface area contributed by atoms with Crippen molar-refractivity contribution in [3.8, 4) is 0 Å². The normalized spacial score (nSPS) is 12.6. The third-order valence-electron chi connectivity index (χ3n) is 2.53. The zero-order chi connectivity index (χ0) is 13.7. The first-order chi connectivity index (χ1) is 9.24. The highest BCUT2D eigenvalue weighted by atomic mass is 32.2. The van der Waals surface area contributed by atoms with Crippen molar-refractivity contribution in [2.45, 2.75) is 18.1 Å². The molecule has 0 aliphatic heterocycles. The van der Waals surface area contributed by atoms with Gasteiger partial charge < -0.3 is 15.5 Å². The number of aliphatic hydroxyl groups is 2. The van der Waals surface area contributed by atoms with Crippen LogP contribution in [0.4, 0.5) is 5.95 Å². The Bertz CT molecular complexity index is 550. The number of aliphatic hydroxyl groups excluding tert-OH is 2.